The number of hydrogen-bond donors (Lipinski definition) is 1. The third-order valence-electron chi connectivity index (χ3n) is 3.81. The second-order valence-corrected chi connectivity index (χ2v) is 5.54. The number of benzene rings is 1. The summed E-state index contributed by atoms with van der Waals surface area (Å²) >= 11 is 0. The lowest BCUT2D eigenvalue weighted by Crippen LogP contribution is -2.15. The van der Waals surface area contributed by atoms with Gasteiger partial charge in [0.25, 0.3) is 0 Å². The van der Waals surface area contributed by atoms with Crippen molar-refractivity contribution in [2.45, 2.75) is 45.4 Å². The van der Waals surface area contributed by atoms with Crippen LogP contribution in [0.4, 0.5) is 0 Å². The zero-order valence-corrected chi connectivity index (χ0v) is 12.9. The van der Waals surface area contributed by atoms with Gasteiger partial charge in [0.15, 0.2) is 5.78 Å². The molecule has 0 saturated carbocycles. The molecule has 1 aromatic rings. The van der Waals surface area contributed by atoms with E-state index in [1.165, 1.54) is 6.42 Å². The molecule has 112 valence electrons. The SMILES string of the molecule is CCCCN/C(=C\C(=O)C1=CCCCC1)c1ccccc1. The van der Waals surface area contributed by atoms with Crippen molar-refractivity contribution >= 4 is 11.5 Å². The van der Waals surface area contributed by atoms with Gasteiger partial charge in [-0.25, -0.2) is 0 Å². The second-order valence-electron chi connectivity index (χ2n) is 5.54. The monoisotopic (exact) mass is 283 g/mol. The first kappa shape index (κ1) is 15.6. The first-order valence-electron chi connectivity index (χ1n) is 8.05. The van der Waals surface area contributed by atoms with Gasteiger partial charge in [-0.2, -0.15) is 0 Å². The van der Waals surface area contributed by atoms with Crippen LogP contribution in [0.25, 0.3) is 5.70 Å². The predicted molar refractivity (Wildman–Crippen MR) is 88.9 cm³/mol. The van der Waals surface area contributed by atoms with E-state index >= 15 is 0 Å². The maximum Gasteiger partial charge on any atom is 0.183 e. The molecule has 2 nitrogen and oxygen atoms in total. The van der Waals surface area contributed by atoms with Crippen LogP contribution in [0.2, 0.25) is 0 Å². The summed E-state index contributed by atoms with van der Waals surface area (Å²) in [5.41, 5.74) is 3.01. The van der Waals surface area contributed by atoms with Gasteiger partial charge in [0.1, 0.15) is 0 Å². The molecule has 0 aliphatic heterocycles. The van der Waals surface area contributed by atoms with E-state index in [1.54, 1.807) is 6.08 Å². The number of carbonyl (C=O) groups is 1. The van der Waals surface area contributed by atoms with E-state index in [4.69, 9.17) is 0 Å². The minimum absolute atomic E-state index is 0.164. The second kappa shape index (κ2) is 8.46. The molecule has 1 aliphatic carbocycles. The quantitative estimate of drug-likeness (QED) is 0.590. The molecule has 0 spiro atoms. The standard InChI is InChI=1S/C19H25NO/c1-2-3-14-20-18(16-10-6-4-7-11-16)15-19(21)17-12-8-5-9-13-17/h4,6-7,10-12,15,20H,2-3,5,8-9,13-14H2,1H3/b18-15-. The van der Waals surface area contributed by atoms with Gasteiger partial charge < -0.3 is 5.32 Å². The van der Waals surface area contributed by atoms with Crippen LogP contribution < -0.4 is 5.32 Å². The summed E-state index contributed by atoms with van der Waals surface area (Å²) in [6.45, 7) is 3.08. The number of carbonyl (C=O) groups excluding carboxylic acids is 1. The molecule has 1 aromatic carbocycles. The maximum absolute atomic E-state index is 12.4. The van der Waals surface area contributed by atoms with Crippen molar-refractivity contribution in [3.63, 3.8) is 0 Å². The lowest BCUT2D eigenvalue weighted by atomic mass is 9.95. The largest absolute Gasteiger partial charge is 0.384 e. The average Bonchev–Trinajstić information content (AvgIpc) is 2.55. The molecule has 0 unspecified atom stereocenters. The first-order valence-corrected chi connectivity index (χ1v) is 8.05. The van der Waals surface area contributed by atoms with Crippen molar-refractivity contribution in [2.75, 3.05) is 6.54 Å². The van der Waals surface area contributed by atoms with E-state index < -0.39 is 0 Å². The highest BCUT2D eigenvalue weighted by atomic mass is 16.1. The van der Waals surface area contributed by atoms with Crippen LogP contribution in [-0.2, 0) is 4.79 Å². The van der Waals surface area contributed by atoms with Gasteiger partial charge in [0.05, 0.1) is 0 Å². The fourth-order valence-corrected chi connectivity index (χ4v) is 2.54. The van der Waals surface area contributed by atoms with Gasteiger partial charge in [-0.1, -0.05) is 49.8 Å². The van der Waals surface area contributed by atoms with E-state index in [0.717, 1.165) is 55.5 Å². The van der Waals surface area contributed by atoms with Crippen LogP contribution in [-0.4, -0.2) is 12.3 Å². The van der Waals surface area contributed by atoms with Crippen molar-refractivity contribution in [1.82, 2.24) is 5.32 Å². The van der Waals surface area contributed by atoms with E-state index in [2.05, 4.69) is 18.3 Å². The predicted octanol–water partition coefficient (Wildman–Crippen LogP) is 4.49. The number of ketones is 1. The third-order valence-corrected chi connectivity index (χ3v) is 3.81. The Morgan fingerprint density at radius 1 is 1.24 bits per heavy atom. The van der Waals surface area contributed by atoms with Crippen LogP contribution in [0.15, 0.2) is 48.1 Å². The summed E-state index contributed by atoms with van der Waals surface area (Å²) in [5.74, 6) is 0.164. The van der Waals surface area contributed by atoms with E-state index in [9.17, 15) is 4.79 Å². The summed E-state index contributed by atoms with van der Waals surface area (Å²) in [6.07, 6.45) is 10.5. The minimum Gasteiger partial charge on any atom is -0.384 e. The molecule has 0 radical (unpaired) electrons. The van der Waals surface area contributed by atoms with Gasteiger partial charge in [-0.15, -0.1) is 0 Å². The van der Waals surface area contributed by atoms with Gasteiger partial charge in [-0.05, 0) is 43.2 Å². The molecule has 0 aromatic heterocycles. The molecule has 2 heteroatoms. The molecule has 2 rings (SSSR count). The van der Waals surface area contributed by atoms with Crippen LogP contribution in [0, 0.1) is 0 Å². The molecule has 0 saturated heterocycles. The Labute approximate surface area is 128 Å². The highest BCUT2D eigenvalue weighted by Gasteiger charge is 2.12. The molecular weight excluding hydrogens is 258 g/mol. The summed E-state index contributed by atoms with van der Waals surface area (Å²) in [7, 11) is 0. The average molecular weight is 283 g/mol. The number of hydrogen-bond acceptors (Lipinski definition) is 2. The van der Waals surface area contributed by atoms with Crippen LogP contribution in [0.3, 0.4) is 0 Å². The number of unbranched alkanes of at least 4 members (excludes halogenated alkanes) is 1. The molecule has 1 N–H and O–H groups in total. The fourth-order valence-electron chi connectivity index (χ4n) is 2.54. The van der Waals surface area contributed by atoms with Gasteiger partial charge in [0, 0.05) is 18.3 Å². The lowest BCUT2D eigenvalue weighted by molar-refractivity contribution is -0.111. The molecular formula is C19H25NO. The highest BCUT2D eigenvalue weighted by molar-refractivity contribution is 6.07. The molecule has 21 heavy (non-hydrogen) atoms. The van der Waals surface area contributed by atoms with E-state index in [0.29, 0.717) is 0 Å². The Hall–Kier alpha value is -1.83. The maximum atomic E-state index is 12.4. The Morgan fingerprint density at radius 3 is 2.71 bits per heavy atom. The van der Waals surface area contributed by atoms with Gasteiger partial charge in [-0.3, -0.25) is 4.79 Å². The topological polar surface area (TPSA) is 29.1 Å². The van der Waals surface area contributed by atoms with Crippen molar-refractivity contribution in [2.24, 2.45) is 0 Å². The smallest absolute Gasteiger partial charge is 0.183 e. The summed E-state index contributed by atoms with van der Waals surface area (Å²) in [5, 5.41) is 3.42. The Balaban J connectivity index is 2.15. The minimum atomic E-state index is 0.164. The molecule has 1 aliphatic rings. The number of allylic oxidation sites excluding steroid dienone is 3. The summed E-state index contributed by atoms with van der Waals surface area (Å²) < 4.78 is 0. The molecule has 0 fully saturated rings. The Morgan fingerprint density at radius 2 is 2.05 bits per heavy atom. The van der Waals surface area contributed by atoms with E-state index in [1.807, 2.05) is 30.3 Å². The first-order chi connectivity index (χ1) is 10.3. The normalized spacial score (nSPS) is 15.5. The lowest BCUT2D eigenvalue weighted by Gasteiger charge is -2.13. The van der Waals surface area contributed by atoms with Crippen LogP contribution in [0.5, 0.6) is 0 Å². The molecule has 0 atom stereocenters. The van der Waals surface area contributed by atoms with Crippen molar-refractivity contribution in [3.05, 3.63) is 53.6 Å². The third kappa shape index (κ3) is 4.89. The fraction of sp³-hybridized carbons (Fsp3) is 0.421. The number of rotatable bonds is 7. The van der Waals surface area contributed by atoms with Crippen molar-refractivity contribution in [3.8, 4) is 0 Å². The van der Waals surface area contributed by atoms with Crippen molar-refractivity contribution in [1.29, 1.82) is 0 Å². The zero-order chi connectivity index (χ0) is 14.9. The molecule has 0 heterocycles. The van der Waals surface area contributed by atoms with Gasteiger partial charge >= 0.3 is 0 Å². The summed E-state index contributed by atoms with van der Waals surface area (Å²) in [4.78, 5) is 12.4. The Bertz CT molecular complexity index is 514. The summed E-state index contributed by atoms with van der Waals surface area (Å²) in [6, 6.07) is 10.1. The van der Waals surface area contributed by atoms with Gasteiger partial charge in [0.2, 0.25) is 0 Å². The molecule has 0 bridgehead atoms. The molecule has 0 amide bonds. The van der Waals surface area contributed by atoms with Crippen LogP contribution in [0.1, 0.15) is 51.0 Å². The Kier molecular flexibility index (Phi) is 6.26. The highest BCUT2D eigenvalue weighted by Crippen LogP contribution is 2.20. The van der Waals surface area contributed by atoms with Crippen LogP contribution >= 0.6 is 0 Å². The number of nitrogens with one attached hydrogen (secondary N) is 1. The van der Waals surface area contributed by atoms with Crippen molar-refractivity contribution < 1.29 is 4.79 Å². The zero-order valence-electron chi connectivity index (χ0n) is 12.9. The van der Waals surface area contributed by atoms with E-state index in [-0.39, 0.29) is 5.78 Å².